The molecule has 0 bridgehead atoms. The highest BCUT2D eigenvalue weighted by Crippen LogP contribution is 2.20. The van der Waals surface area contributed by atoms with Crippen molar-refractivity contribution in [1.82, 2.24) is 5.32 Å². The van der Waals surface area contributed by atoms with Gasteiger partial charge in [0, 0.05) is 12.8 Å². The summed E-state index contributed by atoms with van der Waals surface area (Å²) in [6.45, 7) is 4.94. The van der Waals surface area contributed by atoms with Gasteiger partial charge in [-0.2, -0.15) is 0 Å². The molecular weight excluding hydrogens is 1080 g/mol. The third-order valence-corrected chi connectivity index (χ3v) is 19.2. The van der Waals surface area contributed by atoms with Crippen molar-refractivity contribution < 1.29 is 24.5 Å². The van der Waals surface area contributed by atoms with E-state index in [1.165, 1.54) is 392 Å². The summed E-state index contributed by atoms with van der Waals surface area (Å²) in [6, 6.07) is -0.625. The first-order chi connectivity index (χ1) is 43.5. The highest BCUT2D eigenvalue weighted by molar-refractivity contribution is 5.76. The fraction of sp³-hybridized carbons (Fsp3) is 0.927. The number of carbonyl (C=O) groups is 2. The van der Waals surface area contributed by atoms with Crippen molar-refractivity contribution >= 4 is 11.9 Å². The number of amides is 1. The van der Waals surface area contributed by atoms with Crippen LogP contribution < -0.4 is 5.32 Å². The van der Waals surface area contributed by atoms with Crippen molar-refractivity contribution in [2.45, 2.75) is 475 Å². The lowest BCUT2D eigenvalue weighted by Gasteiger charge is -2.20. The maximum absolute atomic E-state index is 12.6. The molecule has 2 atom stereocenters. The Labute approximate surface area is 551 Å². The van der Waals surface area contributed by atoms with Crippen LogP contribution in [0.4, 0.5) is 0 Å². The molecule has 0 heterocycles. The van der Waals surface area contributed by atoms with Gasteiger partial charge in [0.25, 0.3) is 0 Å². The Hall–Kier alpha value is -1.66. The Kier molecular flexibility index (Phi) is 76.3. The molecule has 0 spiro atoms. The highest BCUT2D eigenvalue weighted by Gasteiger charge is 2.18. The topological polar surface area (TPSA) is 95.9 Å². The number of aliphatic hydroxyl groups is 2. The van der Waals surface area contributed by atoms with E-state index in [-0.39, 0.29) is 18.5 Å². The zero-order valence-electron chi connectivity index (χ0n) is 60.0. The predicted molar refractivity (Wildman–Crippen MR) is 389 cm³/mol. The van der Waals surface area contributed by atoms with Crippen molar-refractivity contribution in [1.29, 1.82) is 0 Å². The number of allylic oxidation sites excluding steroid dienone is 3. The lowest BCUT2D eigenvalue weighted by molar-refractivity contribution is -0.143. The summed E-state index contributed by atoms with van der Waals surface area (Å²) in [4.78, 5) is 24.6. The first-order valence-corrected chi connectivity index (χ1v) is 40.6. The third kappa shape index (κ3) is 73.4. The van der Waals surface area contributed by atoms with Crippen LogP contribution in [-0.4, -0.2) is 47.4 Å². The standard InChI is InChI=1S/C82H159NO5/c1-3-5-7-9-11-13-15-17-18-19-20-21-35-38-41-44-47-51-54-58-62-66-70-74-80(85)79(78-84)83-81(86)75-71-67-63-59-55-52-48-45-42-39-36-33-31-29-27-25-23-22-24-26-28-30-32-34-37-40-43-46-49-53-57-61-65-69-73-77-88-82(87)76-72-68-64-60-56-50-16-14-12-10-8-6-4-2/h14,16,70,74,79-80,84-85H,3-13,15,17-69,71-73,75-78H2,1-2H3,(H,83,86)/b16-14-,74-70+. The number of nitrogens with one attached hydrogen (secondary N) is 1. The van der Waals surface area contributed by atoms with Gasteiger partial charge in [0.15, 0.2) is 0 Å². The van der Waals surface area contributed by atoms with Crippen LogP contribution in [0.15, 0.2) is 24.3 Å². The van der Waals surface area contributed by atoms with Crippen LogP contribution in [0.25, 0.3) is 0 Å². The van der Waals surface area contributed by atoms with Crippen molar-refractivity contribution in [2.75, 3.05) is 13.2 Å². The normalized spacial score (nSPS) is 12.5. The second-order valence-electron chi connectivity index (χ2n) is 28.1. The highest BCUT2D eigenvalue weighted by atomic mass is 16.5. The fourth-order valence-corrected chi connectivity index (χ4v) is 13.0. The summed E-state index contributed by atoms with van der Waals surface area (Å²) in [5.41, 5.74) is 0. The summed E-state index contributed by atoms with van der Waals surface area (Å²) in [6.07, 6.45) is 100. The molecule has 0 aromatic heterocycles. The quantitative estimate of drug-likeness (QED) is 0.0320. The molecule has 6 nitrogen and oxygen atoms in total. The van der Waals surface area contributed by atoms with Crippen LogP contribution in [0.3, 0.4) is 0 Å². The summed E-state index contributed by atoms with van der Waals surface area (Å²) >= 11 is 0. The van der Waals surface area contributed by atoms with Gasteiger partial charge >= 0.3 is 5.97 Å². The van der Waals surface area contributed by atoms with Crippen LogP contribution in [0.2, 0.25) is 0 Å². The molecule has 2 unspecified atom stereocenters. The Morgan fingerprint density at radius 1 is 0.307 bits per heavy atom. The Morgan fingerprint density at radius 2 is 0.534 bits per heavy atom. The van der Waals surface area contributed by atoms with E-state index in [1.54, 1.807) is 6.08 Å². The molecule has 0 aliphatic heterocycles. The lowest BCUT2D eigenvalue weighted by atomic mass is 10.0. The van der Waals surface area contributed by atoms with E-state index in [9.17, 15) is 19.8 Å². The Balaban J connectivity index is 3.34. The predicted octanol–water partition coefficient (Wildman–Crippen LogP) is 26.8. The first-order valence-electron chi connectivity index (χ1n) is 40.6. The van der Waals surface area contributed by atoms with E-state index in [1.807, 2.05) is 6.08 Å². The van der Waals surface area contributed by atoms with E-state index in [4.69, 9.17) is 4.74 Å². The van der Waals surface area contributed by atoms with Gasteiger partial charge in [0.2, 0.25) is 5.91 Å². The average Bonchev–Trinajstić information content (AvgIpc) is 3.53. The monoisotopic (exact) mass is 1240 g/mol. The maximum Gasteiger partial charge on any atom is 0.305 e. The molecule has 0 fully saturated rings. The molecule has 0 saturated carbocycles. The van der Waals surface area contributed by atoms with Crippen LogP contribution in [0.1, 0.15) is 463 Å². The number of carbonyl (C=O) groups excluding carboxylic acids is 2. The van der Waals surface area contributed by atoms with Crippen LogP contribution in [0, 0.1) is 0 Å². The van der Waals surface area contributed by atoms with Gasteiger partial charge in [-0.05, 0) is 57.8 Å². The third-order valence-electron chi connectivity index (χ3n) is 19.2. The summed E-state index contributed by atoms with van der Waals surface area (Å²) < 4.78 is 5.49. The zero-order valence-corrected chi connectivity index (χ0v) is 60.0. The summed E-state index contributed by atoms with van der Waals surface area (Å²) in [5, 5.41) is 23.3. The fourth-order valence-electron chi connectivity index (χ4n) is 13.0. The van der Waals surface area contributed by atoms with Crippen molar-refractivity contribution in [3.05, 3.63) is 24.3 Å². The summed E-state index contributed by atoms with van der Waals surface area (Å²) in [5.74, 6) is -0.0434. The van der Waals surface area contributed by atoms with Crippen molar-refractivity contribution in [3.8, 4) is 0 Å². The Bertz CT molecular complexity index is 1380. The molecule has 3 N–H and O–H groups in total. The minimum atomic E-state index is -0.842. The molecule has 0 aliphatic carbocycles. The molecule has 522 valence electrons. The van der Waals surface area contributed by atoms with E-state index in [0.29, 0.717) is 19.4 Å². The van der Waals surface area contributed by atoms with Gasteiger partial charge in [0.1, 0.15) is 0 Å². The first kappa shape index (κ1) is 86.3. The van der Waals surface area contributed by atoms with Gasteiger partial charge in [-0.3, -0.25) is 9.59 Å². The van der Waals surface area contributed by atoms with E-state index in [0.717, 1.165) is 44.9 Å². The zero-order chi connectivity index (χ0) is 63.5. The number of esters is 1. The summed E-state index contributed by atoms with van der Waals surface area (Å²) in [7, 11) is 0. The SMILES string of the molecule is CCCCCC/C=C\CCCCCCCC(=O)OCCCCCCCCCCCCCCCCCCCCCCCCCCCCCCCCCCCCCC(=O)NC(CO)C(O)/C=C/CCCCCCCCCCCCCCCCCCCCCCC. The number of rotatable bonds is 77. The molecule has 1 amide bonds. The number of hydrogen-bond acceptors (Lipinski definition) is 5. The van der Waals surface area contributed by atoms with Gasteiger partial charge in [-0.1, -0.05) is 417 Å². The second-order valence-corrected chi connectivity index (χ2v) is 28.1. The van der Waals surface area contributed by atoms with Crippen LogP contribution in [-0.2, 0) is 14.3 Å². The van der Waals surface area contributed by atoms with Crippen molar-refractivity contribution in [3.63, 3.8) is 0 Å². The van der Waals surface area contributed by atoms with E-state index in [2.05, 4.69) is 31.3 Å². The molecule has 0 aromatic rings. The molecule has 0 aliphatic rings. The number of ether oxygens (including phenoxy) is 1. The molecule has 0 aromatic carbocycles. The average molecular weight is 1240 g/mol. The van der Waals surface area contributed by atoms with Gasteiger partial charge in [0.05, 0.1) is 25.4 Å². The number of hydrogen-bond donors (Lipinski definition) is 3. The van der Waals surface area contributed by atoms with Gasteiger partial charge < -0.3 is 20.3 Å². The molecule has 0 radical (unpaired) electrons. The Morgan fingerprint density at radius 3 is 0.818 bits per heavy atom. The molecule has 0 rings (SSSR count). The molecule has 6 heteroatoms. The van der Waals surface area contributed by atoms with Crippen molar-refractivity contribution in [2.24, 2.45) is 0 Å². The van der Waals surface area contributed by atoms with E-state index >= 15 is 0 Å². The number of aliphatic hydroxyl groups excluding tert-OH is 2. The molecular formula is C82H159NO5. The lowest BCUT2D eigenvalue weighted by Crippen LogP contribution is -2.45. The molecule has 88 heavy (non-hydrogen) atoms. The number of unbranched alkanes of at least 4 members (excludes halogenated alkanes) is 64. The van der Waals surface area contributed by atoms with Gasteiger partial charge in [-0.15, -0.1) is 0 Å². The van der Waals surface area contributed by atoms with E-state index < -0.39 is 12.1 Å². The minimum absolute atomic E-state index is 0.0140. The smallest absolute Gasteiger partial charge is 0.305 e. The second kappa shape index (κ2) is 77.8. The molecule has 0 saturated heterocycles. The minimum Gasteiger partial charge on any atom is -0.466 e. The van der Waals surface area contributed by atoms with Crippen LogP contribution in [0.5, 0.6) is 0 Å². The largest absolute Gasteiger partial charge is 0.466 e. The van der Waals surface area contributed by atoms with Gasteiger partial charge in [-0.25, -0.2) is 0 Å². The maximum atomic E-state index is 12.6. The van der Waals surface area contributed by atoms with Crippen LogP contribution >= 0.6 is 0 Å².